The highest BCUT2D eigenvalue weighted by Crippen LogP contribution is 2.40. The molecule has 1 amide bonds. The van der Waals surface area contributed by atoms with Crippen molar-refractivity contribution in [1.82, 2.24) is 9.21 Å². The van der Waals surface area contributed by atoms with Gasteiger partial charge < -0.3 is 9.64 Å². The molecule has 0 aliphatic carbocycles. The van der Waals surface area contributed by atoms with Crippen molar-refractivity contribution in [2.45, 2.75) is 23.8 Å². The molecular weight excluding hydrogens is 448 g/mol. The molecule has 0 N–H and O–H groups in total. The van der Waals surface area contributed by atoms with Crippen molar-refractivity contribution >= 4 is 15.9 Å². The number of carbonyl (C=O) groups excluding carboxylic acids is 1. The summed E-state index contributed by atoms with van der Waals surface area (Å²) in [7, 11) is -2.12. The summed E-state index contributed by atoms with van der Waals surface area (Å²) in [5, 5.41) is 0. The number of rotatable bonds is 5. The van der Waals surface area contributed by atoms with Crippen molar-refractivity contribution in [3.8, 4) is 5.75 Å². The Labute approximate surface area is 200 Å². The Hall–Kier alpha value is -3.16. The van der Waals surface area contributed by atoms with E-state index in [1.807, 2.05) is 41.3 Å². The predicted molar refractivity (Wildman–Crippen MR) is 130 cm³/mol. The minimum Gasteiger partial charge on any atom is -0.496 e. The van der Waals surface area contributed by atoms with E-state index in [1.165, 1.54) is 9.87 Å². The molecule has 0 spiro atoms. The van der Waals surface area contributed by atoms with Gasteiger partial charge in [0.2, 0.25) is 15.9 Å². The zero-order valence-corrected chi connectivity index (χ0v) is 19.9. The third-order valence-electron chi connectivity index (χ3n) is 6.97. The van der Waals surface area contributed by atoms with Crippen molar-refractivity contribution in [3.05, 3.63) is 95.6 Å². The summed E-state index contributed by atoms with van der Waals surface area (Å²) in [4.78, 5) is 16.0. The van der Waals surface area contributed by atoms with Gasteiger partial charge in [0.1, 0.15) is 5.75 Å². The van der Waals surface area contributed by atoms with E-state index in [2.05, 4.69) is 12.1 Å². The fourth-order valence-electron chi connectivity index (χ4n) is 5.16. The highest BCUT2D eigenvalue weighted by molar-refractivity contribution is 7.89. The van der Waals surface area contributed by atoms with Gasteiger partial charge >= 0.3 is 0 Å². The minimum atomic E-state index is -3.72. The van der Waals surface area contributed by atoms with Crippen molar-refractivity contribution < 1.29 is 17.9 Å². The number of para-hydroxylation sites is 1. The van der Waals surface area contributed by atoms with E-state index in [4.69, 9.17) is 4.74 Å². The Morgan fingerprint density at radius 2 is 1.56 bits per heavy atom. The van der Waals surface area contributed by atoms with Gasteiger partial charge in [0.15, 0.2) is 0 Å². The summed E-state index contributed by atoms with van der Waals surface area (Å²) in [6.07, 6.45) is 0.806. The van der Waals surface area contributed by atoms with Gasteiger partial charge in [-0.1, -0.05) is 60.7 Å². The highest BCUT2D eigenvalue weighted by atomic mass is 32.2. The molecule has 2 atom stereocenters. The molecule has 1 fully saturated rings. The molecule has 0 radical (unpaired) electrons. The van der Waals surface area contributed by atoms with E-state index in [1.54, 1.807) is 37.4 Å². The van der Waals surface area contributed by atoms with Crippen molar-refractivity contribution in [2.24, 2.45) is 5.92 Å². The molecule has 176 valence electrons. The number of carbonyl (C=O) groups is 1. The largest absolute Gasteiger partial charge is 0.496 e. The summed E-state index contributed by atoms with van der Waals surface area (Å²) < 4.78 is 33.9. The van der Waals surface area contributed by atoms with Crippen LogP contribution in [0.1, 0.15) is 22.6 Å². The lowest BCUT2D eigenvalue weighted by atomic mass is 9.86. The number of ether oxygens (including phenoxy) is 1. The lowest BCUT2D eigenvalue weighted by Crippen LogP contribution is -2.42. The molecule has 1 saturated heterocycles. The molecule has 0 bridgehead atoms. The number of methoxy groups -OCH3 is 1. The second kappa shape index (κ2) is 9.24. The van der Waals surface area contributed by atoms with Crippen molar-refractivity contribution in [2.75, 3.05) is 26.7 Å². The van der Waals surface area contributed by atoms with E-state index >= 15 is 0 Å². The van der Waals surface area contributed by atoms with Crippen LogP contribution in [-0.4, -0.2) is 50.3 Å². The van der Waals surface area contributed by atoms with Crippen LogP contribution in [0, 0.1) is 5.92 Å². The standard InChI is InChI=1S/C27H28N2O4S/c1-33-26-14-8-7-13-23(26)24-18-29(34(31,32)22-11-3-2-4-12-22)19-25(24)27(30)28-16-15-20-9-5-6-10-21(20)17-28/h2-14,24-25H,15-19H2,1H3. The minimum absolute atomic E-state index is 0.00355. The van der Waals surface area contributed by atoms with Crippen LogP contribution in [0.5, 0.6) is 5.75 Å². The fraction of sp³-hybridized carbons (Fsp3) is 0.296. The van der Waals surface area contributed by atoms with Gasteiger partial charge in [-0.15, -0.1) is 0 Å². The zero-order valence-electron chi connectivity index (χ0n) is 19.1. The van der Waals surface area contributed by atoms with Crippen LogP contribution in [0.4, 0.5) is 0 Å². The smallest absolute Gasteiger partial charge is 0.243 e. The van der Waals surface area contributed by atoms with Crippen LogP contribution in [0.25, 0.3) is 0 Å². The van der Waals surface area contributed by atoms with Crippen molar-refractivity contribution in [1.29, 1.82) is 0 Å². The van der Waals surface area contributed by atoms with Gasteiger partial charge in [-0.2, -0.15) is 4.31 Å². The van der Waals surface area contributed by atoms with Gasteiger partial charge in [0.05, 0.1) is 17.9 Å². The van der Waals surface area contributed by atoms with Gasteiger partial charge in [0, 0.05) is 32.1 Å². The molecule has 2 aliphatic rings. The monoisotopic (exact) mass is 476 g/mol. The Balaban J connectivity index is 1.49. The van der Waals surface area contributed by atoms with Gasteiger partial charge in [-0.05, 0) is 41.3 Å². The first-order valence-corrected chi connectivity index (χ1v) is 13.0. The average molecular weight is 477 g/mol. The van der Waals surface area contributed by atoms with Gasteiger partial charge in [-0.3, -0.25) is 4.79 Å². The molecule has 34 heavy (non-hydrogen) atoms. The predicted octanol–water partition coefficient (Wildman–Crippen LogP) is 3.68. The van der Waals surface area contributed by atoms with Crippen molar-refractivity contribution in [3.63, 3.8) is 0 Å². The van der Waals surface area contributed by atoms with Crippen LogP contribution in [0.3, 0.4) is 0 Å². The molecule has 2 aliphatic heterocycles. The maximum Gasteiger partial charge on any atom is 0.243 e. The van der Waals surface area contributed by atoms with E-state index in [0.29, 0.717) is 18.8 Å². The highest BCUT2D eigenvalue weighted by Gasteiger charge is 2.45. The van der Waals surface area contributed by atoms with E-state index in [9.17, 15) is 13.2 Å². The van der Waals surface area contributed by atoms with E-state index in [0.717, 1.165) is 17.5 Å². The maximum absolute atomic E-state index is 13.9. The summed E-state index contributed by atoms with van der Waals surface area (Å²) in [6, 6.07) is 24.2. The SMILES string of the molecule is COc1ccccc1C1CN(S(=O)(=O)c2ccccc2)CC1C(=O)N1CCc2ccccc2C1. The number of fused-ring (bicyclic) bond motifs is 1. The number of benzene rings is 3. The fourth-order valence-corrected chi connectivity index (χ4v) is 6.67. The quantitative estimate of drug-likeness (QED) is 0.563. The Kier molecular flexibility index (Phi) is 6.15. The first-order chi connectivity index (χ1) is 16.5. The third kappa shape index (κ3) is 4.10. The summed E-state index contributed by atoms with van der Waals surface area (Å²) in [5.74, 6) is -0.108. The van der Waals surface area contributed by atoms with Crippen LogP contribution in [0.2, 0.25) is 0 Å². The summed E-state index contributed by atoms with van der Waals surface area (Å²) in [6.45, 7) is 1.57. The number of hydrogen-bond donors (Lipinski definition) is 0. The van der Waals surface area contributed by atoms with Gasteiger partial charge in [-0.25, -0.2) is 8.42 Å². The molecular formula is C27H28N2O4S. The van der Waals surface area contributed by atoms with Crippen LogP contribution >= 0.6 is 0 Å². The molecule has 2 heterocycles. The summed E-state index contributed by atoms with van der Waals surface area (Å²) >= 11 is 0. The summed E-state index contributed by atoms with van der Waals surface area (Å²) in [5.41, 5.74) is 3.29. The Morgan fingerprint density at radius 3 is 2.32 bits per heavy atom. The Bertz CT molecular complexity index is 1290. The van der Waals surface area contributed by atoms with Crippen LogP contribution in [0.15, 0.2) is 83.8 Å². The number of nitrogens with zero attached hydrogens (tertiary/aromatic N) is 2. The molecule has 2 unspecified atom stereocenters. The number of hydrogen-bond acceptors (Lipinski definition) is 4. The second-order valence-electron chi connectivity index (χ2n) is 8.87. The molecule has 0 aromatic heterocycles. The lowest BCUT2D eigenvalue weighted by molar-refractivity contribution is -0.136. The maximum atomic E-state index is 13.9. The lowest BCUT2D eigenvalue weighted by Gasteiger charge is -2.32. The second-order valence-corrected chi connectivity index (χ2v) is 10.8. The average Bonchev–Trinajstić information content (AvgIpc) is 3.34. The normalized spacial score (nSPS) is 20.7. The number of sulfonamides is 1. The zero-order chi connectivity index (χ0) is 23.7. The molecule has 3 aromatic carbocycles. The molecule has 5 rings (SSSR count). The van der Waals surface area contributed by atoms with Gasteiger partial charge in [0.25, 0.3) is 0 Å². The van der Waals surface area contributed by atoms with Crippen LogP contribution < -0.4 is 4.74 Å². The molecule has 0 saturated carbocycles. The first kappa shape index (κ1) is 22.6. The molecule has 3 aromatic rings. The first-order valence-electron chi connectivity index (χ1n) is 11.5. The molecule has 6 nitrogen and oxygen atoms in total. The topological polar surface area (TPSA) is 66.9 Å². The third-order valence-corrected chi connectivity index (χ3v) is 8.81. The van der Waals surface area contributed by atoms with Crippen LogP contribution in [-0.2, 0) is 27.8 Å². The van der Waals surface area contributed by atoms with E-state index < -0.39 is 15.9 Å². The molecule has 7 heteroatoms. The van der Waals surface area contributed by atoms with E-state index in [-0.39, 0.29) is 29.8 Å². The number of amides is 1. The Morgan fingerprint density at radius 1 is 0.882 bits per heavy atom.